The van der Waals surface area contributed by atoms with Crippen LogP contribution in [0, 0.1) is 0 Å². The van der Waals surface area contributed by atoms with Gasteiger partial charge in [0.2, 0.25) is 0 Å². The Kier molecular flexibility index (Phi) is 3.52. The molecule has 0 saturated heterocycles. The van der Waals surface area contributed by atoms with Gasteiger partial charge in [-0.3, -0.25) is 0 Å². The van der Waals surface area contributed by atoms with Gasteiger partial charge in [0, 0.05) is 11.1 Å². The summed E-state index contributed by atoms with van der Waals surface area (Å²) in [6.07, 6.45) is 0.821. The first-order chi connectivity index (χ1) is 6.09. The lowest BCUT2D eigenvalue weighted by Crippen LogP contribution is -2.09. The molecule has 0 aliphatic heterocycles. The van der Waals surface area contributed by atoms with Crippen LogP contribution in [0.5, 0.6) is 0 Å². The van der Waals surface area contributed by atoms with Crippen molar-refractivity contribution in [2.45, 2.75) is 19.4 Å². The van der Waals surface area contributed by atoms with E-state index in [0.29, 0.717) is 0 Å². The Hall–Kier alpha value is -0.790. The van der Waals surface area contributed by atoms with E-state index in [1.54, 1.807) is 0 Å². The predicted molar refractivity (Wildman–Crippen MR) is 57.8 cm³/mol. The van der Waals surface area contributed by atoms with Crippen molar-refractivity contribution in [1.82, 2.24) is 0 Å². The van der Waals surface area contributed by atoms with Crippen LogP contribution in [0.4, 0.5) is 0 Å². The average molecular weight is 196 g/mol. The maximum absolute atomic E-state index is 5.94. The second-order valence-corrected chi connectivity index (χ2v) is 3.76. The third-order valence-corrected chi connectivity index (χ3v) is 2.12. The molecule has 0 bridgehead atoms. The zero-order chi connectivity index (χ0) is 9.84. The molecule has 1 atom stereocenters. The van der Waals surface area contributed by atoms with Gasteiger partial charge in [0.15, 0.2) is 0 Å². The van der Waals surface area contributed by atoms with Crippen molar-refractivity contribution < 1.29 is 0 Å². The third kappa shape index (κ3) is 3.21. The van der Waals surface area contributed by atoms with Gasteiger partial charge in [-0.25, -0.2) is 0 Å². The molecule has 1 rings (SSSR count). The van der Waals surface area contributed by atoms with Gasteiger partial charge in [-0.2, -0.15) is 0 Å². The van der Waals surface area contributed by atoms with Gasteiger partial charge in [-0.1, -0.05) is 29.3 Å². The number of hydrogen-bond acceptors (Lipinski definition) is 1. The van der Waals surface area contributed by atoms with E-state index in [4.69, 9.17) is 17.3 Å². The predicted octanol–water partition coefficient (Wildman–Crippen LogP) is 3.31. The summed E-state index contributed by atoms with van der Waals surface area (Å²) in [5, 5.41) is 0.742. The first-order valence-corrected chi connectivity index (χ1v) is 4.63. The van der Waals surface area contributed by atoms with Crippen molar-refractivity contribution >= 4 is 11.6 Å². The van der Waals surface area contributed by atoms with E-state index in [2.05, 4.69) is 6.58 Å². The third-order valence-electron chi connectivity index (χ3n) is 1.87. The van der Waals surface area contributed by atoms with Crippen molar-refractivity contribution in [3.63, 3.8) is 0 Å². The topological polar surface area (TPSA) is 26.0 Å². The van der Waals surface area contributed by atoms with Gasteiger partial charge in [-0.15, -0.1) is 6.58 Å². The van der Waals surface area contributed by atoms with Gasteiger partial charge in [0.25, 0.3) is 0 Å². The standard InChI is InChI=1S/C11H14ClN/c1-8(2)7-11(13)9-3-5-10(12)6-4-9/h3-6,11H,1,7,13H2,2H3/t11-/m0/s1. The highest BCUT2D eigenvalue weighted by molar-refractivity contribution is 6.30. The fraction of sp³-hybridized carbons (Fsp3) is 0.273. The maximum atomic E-state index is 5.94. The SMILES string of the molecule is C=C(C)C[C@H](N)c1ccc(Cl)cc1. The van der Waals surface area contributed by atoms with Crippen LogP contribution in [-0.2, 0) is 0 Å². The quantitative estimate of drug-likeness (QED) is 0.736. The summed E-state index contributed by atoms with van der Waals surface area (Å²) in [4.78, 5) is 0. The lowest BCUT2D eigenvalue weighted by molar-refractivity contribution is 0.717. The summed E-state index contributed by atoms with van der Waals surface area (Å²) in [5.41, 5.74) is 8.15. The molecular formula is C11H14ClN. The summed E-state index contributed by atoms with van der Waals surface area (Å²) in [7, 11) is 0. The molecule has 0 aliphatic rings. The molecule has 1 aromatic rings. The summed E-state index contributed by atoms with van der Waals surface area (Å²) in [6.45, 7) is 5.81. The van der Waals surface area contributed by atoms with Crippen LogP contribution in [0.2, 0.25) is 5.02 Å². The molecule has 0 spiro atoms. The Bertz CT molecular complexity index is 289. The molecule has 0 aromatic heterocycles. The molecule has 0 fully saturated rings. The van der Waals surface area contributed by atoms with E-state index in [1.807, 2.05) is 31.2 Å². The Labute approximate surface area is 84.2 Å². The van der Waals surface area contributed by atoms with Crippen LogP contribution in [0.25, 0.3) is 0 Å². The Morgan fingerprint density at radius 1 is 1.46 bits per heavy atom. The van der Waals surface area contributed by atoms with Crippen LogP contribution in [0.3, 0.4) is 0 Å². The van der Waals surface area contributed by atoms with Crippen molar-refractivity contribution in [1.29, 1.82) is 0 Å². The monoisotopic (exact) mass is 195 g/mol. The highest BCUT2D eigenvalue weighted by atomic mass is 35.5. The van der Waals surface area contributed by atoms with Crippen LogP contribution < -0.4 is 5.73 Å². The zero-order valence-electron chi connectivity index (χ0n) is 7.76. The van der Waals surface area contributed by atoms with Crippen LogP contribution in [0.15, 0.2) is 36.4 Å². The van der Waals surface area contributed by atoms with Crippen molar-refractivity contribution in [3.8, 4) is 0 Å². The lowest BCUT2D eigenvalue weighted by Gasteiger charge is -2.11. The first kappa shape index (κ1) is 10.3. The summed E-state index contributed by atoms with van der Waals surface area (Å²) in [5.74, 6) is 0. The average Bonchev–Trinajstić information content (AvgIpc) is 2.04. The second kappa shape index (κ2) is 4.45. The number of hydrogen-bond donors (Lipinski definition) is 1. The Morgan fingerprint density at radius 2 is 2.00 bits per heavy atom. The summed E-state index contributed by atoms with van der Waals surface area (Å²) < 4.78 is 0. The lowest BCUT2D eigenvalue weighted by atomic mass is 10.0. The minimum absolute atomic E-state index is 0.0368. The minimum atomic E-state index is 0.0368. The molecule has 0 amide bonds. The fourth-order valence-corrected chi connectivity index (χ4v) is 1.33. The van der Waals surface area contributed by atoms with Crippen molar-refractivity contribution in [3.05, 3.63) is 47.0 Å². The smallest absolute Gasteiger partial charge is 0.0406 e. The summed E-state index contributed by atoms with van der Waals surface area (Å²) >= 11 is 5.76. The number of nitrogens with two attached hydrogens (primary N) is 1. The first-order valence-electron chi connectivity index (χ1n) is 4.25. The van der Waals surface area contributed by atoms with E-state index < -0.39 is 0 Å². The van der Waals surface area contributed by atoms with Crippen molar-refractivity contribution in [2.24, 2.45) is 5.73 Å². The molecule has 1 nitrogen and oxygen atoms in total. The molecule has 0 aliphatic carbocycles. The normalized spacial score (nSPS) is 12.5. The van der Waals surface area contributed by atoms with E-state index in [-0.39, 0.29) is 6.04 Å². The van der Waals surface area contributed by atoms with E-state index in [0.717, 1.165) is 22.6 Å². The van der Waals surface area contributed by atoms with E-state index in [9.17, 15) is 0 Å². The number of benzene rings is 1. The minimum Gasteiger partial charge on any atom is -0.324 e. The molecule has 2 N–H and O–H groups in total. The molecule has 2 heteroatoms. The van der Waals surface area contributed by atoms with Gasteiger partial charge in [0.1, 0.15) is 0 Å². The van der Waals surface area contributed by atoms with E-state index >= 15 is 0 Å². The summed E-state index contributed by atoms with van der Waals surface area (Å²) in [6, 6.07) is 7.66. The Balaban J connectivity index is 2.71. The molecule has 13 heavy (non-hydrogen) atoms. The van der Waals surface area contributed by atoms with Crippen LogP contribution >= 0.6 is 11.6 Å². The van der Waals surface area contributed by atoms with Gasteiger partial charge in [0.05, 0.1) is 0 Å². The number of halogens is 1. The van der Waals surface area contributed by atoms with Gasteiger partial charge >= 0.3 is 0 Å². The van der Waals surface area contributed by atoms with Crippen molar-refractivity contribution in [2.75, 3.05) is 0 Å². The van der Waals surface area contributed by atoms with Gasteiger partial charge in [-0.05, 0) is 31.0 Å². The molecule has 0 heterocycles. The Morgan fingerprint density at radius 3 is 2.46 bits per heavy atom. The molecule has 1 aromatic carbocycles. The van der Waals surface area contributed by atoms with Crippen LogP contribution in [0.1, 0.15) is 24.9 Å². The fourth-order valence-electron chi connectivity index (χ4n) is 1.20. The largest absolute Gasteiger partial charge is 0.324 e. The highest BCUT2D eigenvalue weighted by Gasteiger charge is 2.04. The molecular weight excluding hydrogens is 182 g/mol. The molecule has 0 unspecified atom stereocenters. The van der Waals surface area contributed by atoms with Crippen LogP contribution in [-0.4, -0.2) is 0 Å². The molecule has 0 saturated carbocycles. The second-order valence-electron chi connectivity index (χ2n) is 3.32. The number of rotatable bonds is 3. The van der Waals surface area contributed by atoms with E-state index in [1.165, 1.54) is 0 Å². The molecule has 0 radical (unpaired) electrons. The maximum Gasteiger partial charge on any atom is 0.0406 e. The highest BCUT2D eigenvalue weighted by Crippen LogP contribution is 2.19. The molecule has 70 valence electrons. The van der Waals surface area contributed by atoms with Gasteiger partial charge < -0.3 is 5.73 Å². The zero-order valence-corrected chi connectivity index (χ0v) is 8.51.